The molecular formula is C9H16Cl2N4O3. The Kier molecular flexibility index (Phi) is 7.15. The van der Waals surface area contributed by atoms with E-state index in [9.17, 15) is 15.3 Å². The minimum atomic E-state index is -0.538. The number of nitro groups is 1. The van der Waals surface area contributed by atoms with Crippen molar-refractivity contribution in [3.63, 3.8) is 0 Å². The topological polar surface area (TPSA) is 84.0 Å². The molecule has 1 atom stereocenters. The van der Waals surface area contributed by atoms with Crippen LogP contribution in [-0.4, -0.2) is 45.1 Å². The number of hydrogen-bond donors (Lipinski definition) is 0. The minimum Gasteiger partial charge on any atom is -0.633 e. The fourth-order valence-electron chi connectivity index (χ4n) is 1.51. The summed E-state index contributed by atoms with van der Waals surface area (Å²) in [5.74, 6) is 0.119. The highest BCUT2D eigenvalue weighted by Gasteiger charge is 2.15. The molecule has 1 heterocycles. The maximum atomic E-state index is 11.7. The van der Waals surface area contributed by atoms with E-state index >= 15 is 0 Å². The second kappa shape index (κ2) is 7.52. The first-order chi connectivity index (χ1) is 7.96. The normalized spacial score (nSPS) is 13.7. The molecule has 7 nitrogen and oxygen atoms in total. The summed E-state index contributed by atoms with van der Waals surface area (Å²) in [5, 5.41) is 22.3. The van der Waals surface area contributed by atoms with Crippen LogP contribution in [0.1, 0.15) is 6.42 Å². The van der Waals surface area contributed by atoms with Crippen molar-refractivity contribution in [1.82, 2.24) is 9.55 Å². The molecule has 0 aliphatic heterocycles. The van der Waals surface area contributed by atoms with Gasteiger partial charge in [-0.05, 0) is 4.92 Å². The van der Waals surface area contributed by atoms with E-state index < -0.39 is 9.57 Å². The predicted molar refractivity (Wildman–Crippen MR) is 70.8 cm³/mol. The molecule has 0 aromatic carbocycles. The lowest BCUT2D eigenvalue weighted by atomic mass is 10.4. The Labute approximate surface area is 116 Å². The summed E-state index contributed by atoms with van der Waals surface area (Å²) < 4.78 is 1.01. The number of hydroxylamine groups is 3. The van der Waals surface area contributed by atoms with Crippen molar-refractivity contribution < 1.29 is 9.57 Å². The van der Waals surface area contributed by atoms with Crippen molar-refractivity contribution >= 4 is 30.0 Å². The summed E-state index contributed by atoms with van der Waals surface area (Å²) in [5.41, 5.74) is 0. The monoisotopic (exact) mass is 298 g/mol. The van der Waals surface area contributed by atoms with Gasteiger partial charge in [0.05, 0.1) is 32.6 Å². The molecule has 0 saturated heterocycles. The minimum absolute atomic E-state index is 0. The summed E-state index contributed by atoms with van der Waals surface area (Å²) >= 11 is 5.51. The van der Waals surface area contributed by atoms with E-state index in [1.54, 1.807) is 7.05 Å². The summed E-state index contributed by atoms with van der Waals surface area (Å²) in [7, 11) is 1.55. The van der Waals surface area contributed by atoms with Crippen LogP contribution in [0.5, 0.6) is 0 Å². The highest BCUT2D eigenvalue weighted by atomic mass is 35.5. The number of aryl methyl sites for hydroxylation is 1. The SMILES string of the molecule is C[N+]([O-])(CCCl)CCCn1ccnc1[N+](=O)[O-].Cl. The number of halogens is 2. The second-order valence-corrected chi connectivity index (χ2v) is 4.34. The van der Waals surface area contributed by atoms with Gasteiger partial charge in [-0.15, -0.1) is 24.0 Å². The summed E-state index contributed by atoms with van der Waals surface area (Å²) in [4.78, 5) is 13.7. The van der Waals surface area contributed by atoms with Gasteiger partial charge in [0.2, 0.25) is 0 Å². The average molecular weight is 299 g/mol. The number of alkyl halides is 1. The van der Waals surface area contributed by atoms with Crippen LogP contribution in [0.2, 0.25) is 0 Å². The first-order valence-corrected chi connectivity index (χ1v) is 5.77. The van der Waals surface area contributed by atoms with E-state index in [2.05, 4.69) is 4.98 Å². The summed E-state index contributed by atoms with van der Waals surface area (Å²) in [6, 6.07) is 0. The Bertz CT molecular complexity index is 384. The average Bonchev–Trinajstić information content (AvgIpc) is 2.65. The van der Waals surface area contributed by atoms with Gasteiger partial charge in [-0.25, -0.2) is 4.57 Å². The van der Waals surface area contributed by atoms with E-state index in [1.807, 2.05) is 0 Å². The molecule has 0 saturated carbocycles. The zero-order chi connectivity index (χ0) is 12.9. The van der Waals surface area contributed by atoms with Crippen molar-refractivity contribution in [2.45, 2.75) is 13.0 Å². The molecule has 0 radical (unpaired) electrons. The van der Waals surface area contributed by atoms with Crippen molar-refractivity contribution in [3.8, 4) is 0 Å². The highest BCUT2D eigenvalue weighted by Crippen LogP contribution is 2.09. The van der Waals surface area contributed by atoms with E-state index in [4.69, 9.17) is 11.6 Å². The lowest BCUT2D eigenvalue weighted by Crippen LogP contribution is -2.40. The Morgan fingerprint density at radius 3 is 2.78 bits per heavy atom. The molecular weight excluding hydrogens is 283 g/mol. The molecule has 1 aromatic rings. The molecule has 0 fully saturated rings. The predicted octanol–water partition coefficient (Wildman–Crippen LogP) is 1.79. The van der Waals surface area contributed by atoms with Gasteiger partial charge in [0.25, 0.3) is 0 Å². The number of hydrogen-bond acceptors (Lipinski definition) is 4. The van der Waals surface area contributed by atoms with Crippen LogP contribution in [0, 0.1) is 15.3 Å². The molecule has 1 unspecified atom stereocenters. The molecule has 1 rings (SSSR count). The molecule has 1 aromatic heterocycles. The van der Waals surface area contributed by atoms with Crippen LogP contribution < -0.4 is 0 Å². The lowest BCUT2D eigenvalue weighted by molar-refractivity contribution is -0.858. The van der Waals surface area contributed by atoms with E-state index in [0.29, 0.717) is 31.9 Å². The first-order valence-electron chi connectivity index (χ1n) is 5.23. The van der Waals surface area contributed by atoms with Gasteiger partial charge < -0.3 is 20.0 Å². The van der Waals surface area contributed by atoms with Gasteiger partial charge in [-0.3, -0.25) is 0 Å². The fourth-order valence-corrected chi connectivity index (χ4v) is 1.87. The largest absolute Gasteiger partial charge is 0.633 e. The second-order valence-electron chi connectivity index (χ2n) is 3.96. The van der Waals surface area contributed by atoms with E-state index in [0.717, 1.165) is 0 Å². The zero-order valence-corrected chi connectivity index (χ0v) is 11.6. The zero-order valence-electron chi connectivity index (χ0n) is 9.99. The fraction of sp³-hybridized carbons (Fsp3) is 0.667. The van der Waals surface area contributed by atoms with Gasteiger partial charge in [-0.1, -0.05) is 4.98 Å². The number of nitrogens with zero attached hydrogens (tertiary/aromatic N) is 4. The van der Waals surface area contributed by atoms with Crippen LogP contribution in [0.3, 0.4) is 0 Å². The standard InChI is InChI=1S/C9H15ClN4O3.ClH/c1-14(17,8-3-10)7-2-5-12-6-4-11-9(12)13(15)16;/h4,6H,2-3,5,7-8H2,1H3;1H. The third-order valence-electron chi connectivity index (χ3n) is 2.44. The molecule has 18 heavy (non-hydrogen) atoms. The first kappa shape index (κ1) is 17.1. The smallest absolute Gasteiger partial charge is 0.434 e. The Hall–Kier alpha value is -0.890. The third kappa shape index (κ3) is 5.18. The van der Waals surface area contributed by atoms with Crippen LogP contribution in [-0.2, 0) is 6.54 Å². The molecule has 0 N–H and O–H groups in total. The number of imidazole rings is 1. The molecule has 9 heteroatoms. The van der Waals surface area contributed by atoms with Crippen LogP contribution >= 0.6 is 24.0 Å². The molecule has 0 spiro atoms. The van der Waals surface area contributed by atoms with Gasteiger partial charge in [0.1, 0.15) is 12.4 Å². The molecule has 104 valence electrons. The van der Waals surface area contributed by atoms with E-state index in [1.165, 1.54) is 17.0 Å². The van der Waals surface area contributed by atoms with Crippen molar-refractivity contribution in [2.75, 3.05) is 26.0 Å². The molecule has 0 amide bonds. The molecule has 0 aliphatic rings. The van der Waals surface area contributed by atoms with Gasteiger partial charge in [0.15, 0.2) is 0 Å². The Morgan fingerprint density at radius 2 is 2.22 bits per heavy atom. The van der Waals surface area contributed by atoms with Crippen LogP contribution in [0.25, 0.3) is 0 Å². The molecule has 0 aliphatic carbocycles. The lowest BCUT2D eigenvalue weighted by Gasteiger charge is -2.37. The maximum Gasteiger partial charge on any atom is 0.434 e. The van der Waals surface area contributed by atoms with Crippen LogP contribution in [0.4, 0.5) is 5.95 Å². The van der Waals surface area contributed by atoms with Crippen molar-refractivity contribution in [2.24, 2.45) is 0 Å². The quantitative estimate of drug-likeness (QED) is 0.332. The summed E-state index contributed by atoms with van der Waals surface area (Å²) in [6.07, 6.45) is 3.46. The third-order valence-corrected chi connectivity index (χ3v) is 2.61. The molecule has 0 bridgehead atoms. The van der Waals surface area contributed by atoms with Crippen molar-refractivity contribution in [3.05, 3.63) is 27.7 Å². The highest BCUT2D eigenvalue weighted by molar-refractivity contribution is 6.17. The number of aromatic nitrogens is 2. The summed E-state index contributed by atoms with van der Waals surface area (Å²) in [6.45, 7) is 1.13. The number of quaternary nitrogens is 1. The van der Waals surface area contributed by atoms with Gasteiger partial charge in [-0.2, -0.15) is 0 Å². The maximum absolute atomic E-state index is 11.7. The van der Waals surface area contributed by atoms with Gasteiger partial charge >= 0.3 is 5.95 Å². The Balaban J connectivity index is 0.00000289. The number of rotatable bonds is 7. The van der Waals surface area contributed by atoms with Gasteiger partial charge in [0, 0.05) is 6.42 Å². The van der Waals surface area contributed by atoms with E-state index in [-0.39, 0.29) is 18.4 Å². The van der Waals surface area contributed by atoms with Crippen LogP contribution in [0.15, 0.2) is 12.4 Å². The van der Waals surface area contributed by atoms with Crippen molar-refractivity contribution in [1.29, 1.82) is 0 Å². The Morgan fingerprint density at radius 1 is 1.56 bits per heavy atom.